The number of aromatic nitrogens is 1. The molecule has 2 heterocycles. The Labute approximate surface area is 402 Å². The van der Waals surface area contributed by atoms with Crippen LogP contribution in [-0.4, -0.2) is 111 Å². The van der Waals surface area contributed by atoms with E-state index in [1.54, 1.807) is 92.7 Å². The van der Waals surface area contributed by atoms with Crippen LogP contribution in [0.2, 0.25) is 0 Å². The van der Waals surface area contributed by atoms with Crippen LogP contribution in [-0.2, 0) is 47.6 Å². The molecule has 1 amide bonds. The summed E-state index contributed by atoms with van der Waals surface area (Å²) in [6.45, 7) is 6.50. The standard InChI is InChI=1S/C53H52N2O15/c1-28-38-41(66-29(2)56)44(59)50(4)36(58)24-37-52(27-65-37,70-30(3)57)43(50)45(69-47(61)33-20-13-8-14-21-33)53(64)25-35(51(38,53)5)40(28)67-49(63)42(68-48(62)34-22-15-23-54-26-34)39(31-16-9-6-10-17-31)55-46(60)32-18-11-7-12-19-32/h6-23,26,35-37,39-43,45,58,64H,24-25,27H2,1-5H3,(H,55,60)/t35?,36-,37+,39-,40+,41+,42+,43?,45-,50+,51?,52-,53+/m0/s1. The van der Waals surface area contributed by atoms with Gasteiger partial charge in [-0.1, -0.05) is 73.7 Å². The number of fused-ring (bicyclic) bond motifs is 3. The second-order valence-electron chi connectivity index (χ2n) is 19.1. The number of hydrogen-bond donors (Lipinski definition) is 3. The number of benzene rings is 3. The Hall–Kier alpha value is -7.08. The molecule has 364 valence electrons. The van der Waals surface area contributed by atoms with Gasteiger partial charge in [-0.3, -0.25) is 24.2 Å². The number of aliphatic hydroxyl groups is 2. The first-order chi connectivity index (χ1) is 33.4. The zero-order valence-electron chi connectivity index (χ0n) is 38.9. The minimum Gasteiger partial charge on any atom is -0.455 e. The molecule has 17 nitrogen and oxygen atoms in total. The van der Waals surface area contributed by atoms with Crippen molar-refractivity contribution in [1.29, 1.82) is 0 Å². The van der Waals surface area contributed by atoms with Gasteiger partial charge in [-0.15, -0.1) is 0 Å². The second kappa shape index (κ2) is 18.0. The molecule has 9 rings (SSSR count). The summed E-state index contributed by atoms with van der Waals surface area (Å²) in [5.41, 5.74) is -6.89. The van der Waals surface area contributed by atoms with Crippen molar-refractivity contribution in [1.82, 2.24) is 10.3 Å². The smallest absolute Gasteiger partial charge is 0.350 e. The Morgan fingerprint density at radius 3 is 2.01 bits per heavy atom. The number of nitrogens with zero attached hydrogens (tertiary/aromatic N) is 1. The van der Waals surface area contributed by atoms with Gasteiger partial charge in [0, 0.05) is 49.6 Å². The minimum absolute atomic E-state index is 0.0163. The normalized spacial score (nSPS) is 32.3. The fourth-order valence-electron chi connectivity index (χ4n) is 11.9. The monoisotopic (exact) mass is 956 g/mol. The third-order valence-electron chi connectivity index (χ3n) is 15.4. The fraction of sp³-hybridized carbons (Fsp3) is 0.396. The Bertz CT molecular complexity index is 2770. The van der Waals surface area contributed by atoms with E-state index in [0.29, 0.717) is 5.56 Å². The molecule has 0 bridgehead atoms. The topological polar surface area (TPSA) is 240 Å². The van der Waals surface area contributed by atoms with Crippen molar-refractivity contribution >= 4 is 41.5 Å². The van der Waals surface area contributed by atoms with Crippen molar-refractivity contribution < 1.29 is 72.2 Å². The maximum absolute atomic E-state index is 15.7. The first-order valence-corrected chi connectivity index (χ1v) is 23.0. The van der Waals surface area contributed by atoms with Gasteiger partial charge >= 0.3 is 29.8 Å². The number of nitrogens with one attached hydrogen (secondary N) is 1. The lowest BCUT2D eigenvalue weighted by atomic mass is 9.40. The largest absolute Gasteiger partial charge is 0.455 e. The Balaban J connectivity index is 1.18. The molecule has 1 aliphatic heterocycles. The number of hydrogen-bond acceptors (Lipinski definition) is 16. The van der Waals surface area contributed by atoms with E-state index in [-0.39, 0.29) is 47.3 Å². The number of amides is 1. The number of carbonyl (C=O) groups excluding carboxylic acids is 7. The molecule has 13 atom stereocenters. The molecule has 3 aromatic carbocycles. The molecule has 3 saturated carbocycles. The van der Waals surface area contributed by atoms with Crippen molar-refractivity contribution in [2.45, 2.75) is 101 Å². The van der Waals surface area contributed by atoms with Gasteiger partial charge < -0.3 is 44.0 Å². The molecule has 1 saturated heterocycles. The van der Waals surface area contributed by atoms with Gasteiger partial charge in [0.05, 0.1) is 35.2 Å². The van der Waals surface area contributed by atoms with Gasteiger partial charge in [0.15, 0.2) is 17.5 Å². The molecular formula is C53H52N2O15. The van der Waals surface area contributed by atoms with E-state index in [1.807, 2.05) is 0 Å². The maximum Gasteiger partial charge on any atom is 0.350 e. The molecule has 4 aromatic rings. The Morgan fingerprint density at radius 1 is 0.800 bits per heavy atom. The Morgan fingerprint density at radius 2 is 1.43 bits per heavy atom. The molecule has 0 radical (unpaired) electrons. The first-order valence-electron chi connectivity index (χ1n) is 23.0. The average Bonchev–Trinajstić information content (AvgIpc) is 3.52. The molecule has 4 fully saturated rings. The summed E-state index contributed by atoms with van der Waals surface area (Å²) >= 11 is 0. The van der Waals surface area contributed by atoms with Crippen molar-refractivity contribution in [3.8, 4) is 0 Å². The summed E-state index contributed by atoms with van der Waals surface area (Å²) in [5, 5.41) is 28.7. The predicted octanol–water partition coefficient (Wildman–Crippen LogP) is 4.61. The van der Waals surface area contributed by atoms with E-state index in [1.165, 1.54) is 43.6 Å². The van der Waals surface area contributed by atoms with E-state index in [4.69, 9.17) is 28.4 Å². The van der Waals surface area contributed by atoms with Gasteiger partial charge in [-0.05, 0) is 73.4 Å². The lowest BCUT2D eigenvalue weighted by molar-refractivity contribution is -0.357. The van der Waals surface area contributed by atoms with Gasteiger partial charge in [0.1, 0.15) is 30.0 Å². The third-order valence-corrected chi connectivity index (χ3v) is 15.4. The van der Waals surface area contributed by atoms with Crippen LogP contribution in [0, 0.1) is 22.7 Å². The van der Waals surface area contributed by atoms with Crippen molar-refractivity contribution in [3.05, 3.63) is 149 Å². The fourth-order valence-corrected chi connectivity index (χ4v) is 11.9. The Kier molecular flexibility index (Phi) is 12.3. The third kappa shape index (κ3) is 7.58. The predicted molar refractivity (Wildman–Crippen MR) is 243 cm³/mol. The molecule has 0 spiro atoms. The summed E-state index contributed by atoms with van der Waals surface area (Å²) in [4.78, 5) is 103. The SMILES string of the molecule is CC(=O)O[C@H]1C(=O)[C@@]2(C)C([C@H](OC(=O)c3ccccc3)[C@]3(O)CC4[C@H](OC(=O)[C@H](OC(=O)c5cccnc5)[C@@H](NC(=O)c5ccccc5)c5ccccc5)C(C)=C1C43C)[C@]1(OC(C)=O)CO[C@@H]1C[C@@H]2O. The van der Waals surface area contributed by atoms with E-state index < -0.39 is 118 Å². The maximum atomic E-state index is 15.7. The highest BCUT2D eigenvalue weighted by molar-refractivity contribution is 5.97. The first kappa shape index (κ1) is 48.0. The lowest BCUT2D eigenvalue weighted by Crippen LogP contribution is -2.83. The number of rotatable bonds is 12. The number of ketones is 1. The quantitative estimate of drug-likeness (QED) is 0.0999. The van der Waals surface area contributed by atoms with Crippen molar-refractivity contribution in [2.24, 2.45) is 22.7 Å². The number of Topliss-reactive ketones (excluding diaryl/α,β-unsaturated/α-hetero) is 1. The van der Waals surface area contributed by atoms with Crippen molar-refractivity contribution in [2.75, 3.05) is 6.61 Å². The van der Waals surface area contributed by atoms with Crippen LogP contribution in [0.1, 0.15) is 90.1 Å². The number of esters is 5. The zero-order valence-corrected chi connectivity index (χ0v) is 38.9. The number of carbonyl (C=O) groups is 7. The van der Waals surface area contributed by atoms with Crippen LogP contribution in [0.3, 0.4) is 0 Å². The summed E-state index contributed by atoms with van der Waals surface area (Å²) in [7, 11) is 0. The summed E-state index contributed by atoms with van der Waals surface area (Å²) in [6.07, 6.45) is -7.23. The van der Waals surface area contributed by atoms with E-state index in [0.717, 1.165) is 13.8 Å². The van der Waals surface area contributed by atoms with Gasteiger partial charge in [0.25, 0.3) is 5.91 Å². The highest BCUT2D eigenvalue weighted by Gasteiger charge is 2.83. The second-order valence-corrected chi connectivity index (χ2v) is 19.1. The van der Waals surface area contributed by atoms with Gasteiger partial charge in [-0.25, -0.2) is 14.4 Å². The molecular weight excluding hydrogens is 905 g/mol. The molecule has 3 N–H and O–H groups in total. The molecule has 70 heavy (non-hydrogen) atoms. The van der Waals surface area contributed by atoms with Crippen LogP contribution in [0.4, 0.5) is 0 Å². The van der Waals surface area contributed by atoms with Crippen LogP contribution < -0.4 is 5.32 Å². The minimum atomic E-state index is -2.22. The van der Waals surface area contributed by atoms with Crippen LogP contribution in [0.5, 0.6) is 0 Å². The molecule has 4 aliphatic carbocycles. The van der Waals surface area contributed by atoms with Crippen LogP contribution >= 0.6 is 0 Å². The average molecular weight is 957 g/mol. The highest BCUT2D eigenvalue weighted by Crippen LogP contribution is 2.73. The molecule has 5 aliphatic rings. The molecule has 17 heteroatoms. The summed E-state index contributed by atoms with van der Waals surface area (Å²) in [5.74, 6) is -8.61. The summed E-state index contributed by atoms with van der Waals surface area (Å²) in [6, 6.07) is 26.0. The van der Waals surface area contributed by atoms with E-state index in [2.05, 4.69) is 10.3 Å². The van der Waals surface area contributed by atoms with Gasteiger partial charge in [0.2, 0.25) is 6.10 Å². The summed E-state index contributed by atoms with van der Waals surface area (Å²) < 4.78 is 36.9. The number of aliphatic hydroxyl groups excluding tert-OH is 1. The van der Waals surface area contributed by atoms with Crippen molar-refractivity contribution in [3.63, 3.8) is 0 Å². The zero-order chi connectivity index (χ0) is 49.9. The van der Waals surface area contributed by atoms with E-state index >= 15 is 9.59 Å². The van der Waals surface area contributed by atoms with Crippen LogP contribution in [0.25, 0.3) is 0 Å². The molecule has 3 unspecified atom stereocenters. The van der Waals surface area contributed by atoms with Crippen LogP contribution in [0.15, 0.2) is 127 Å². The highest BCUT2D eigenvalue weighted by atomic mass is 16.6. The number of pyridine rings is 1. The molecule has 1 aromatic heterocycles. The lowest BCUT2D eigenvalue weighted by Gasteiger charge is -2.70. The van der Waals surface area contributed by atoms with E-state index in [9.17, 15) is 34.2 Å². The number of ether oxygens (including phenoxy) is 6. The van der Waals surface area contributed by atoms with Gasteiger partial charge in [-0.2, -0.15) is 0 Å².